The van der Waals surface area contributed by atoms with E-state index in [2.05, 4.69) is 5.32 Å². The van der Waals surface area contributed by atoms with Crippen LogP contribution in [0.1, 0.15) is 11.1 Å². The molecular formula is C13H17NO3. The standard InChI is InChI=1S/C13H17NO3/c1-9-3-4-10(2)12(5-9)17-8-13(15)14-11-6-16-7-11/h3-5,11H,6-8H2,1-2H3,(H,14,15). The minimum atomic E-state index is -0.0980. The van der Waals surface area contributed by atoms with Crippen molar-refractivity contribution < 1.29 is 14.3 Å². The first-order chi connectivity index (χ1) is 8.15. The molecule has 1 N–H and O–H groups in total. The molecule has 0 spiro atoms. The normalized spacial score (nSPS) is 15.2. The van der Waals surface area contributed by atoms with Crippen LogP contribution in [0, 0.1) is 13.8 Å². The summed E-state index contributed by atoms with van der Waals surface area (Å²) in [5.41, 5.74) is 2.16. The Morgan fingerprint density at radius 1 is 1.47 bits per heavy atom. The Morgan fingerprint density at radius 2 is 2.24 bits per heavy atom. The van der Waals surface area contributed by atoms with E-state index < -0.39 is 0 Å². The van der Waals surface area contributed by atoms with Crippen molar-refractivity contribution in [2.45, 2.75) is 19.9 Å². The van der Waals surface area contributed by atoms with E-state index in [0.717, 1.165) is 16.9 Å². The molecule has 1 aliphatic heterocycles. The van der Waals surface area contributed by atoms with Crippen LogP contribution in [-0.2, 0) is 9.53 Å². The molecule has 4 heteroatoms. The van der Waals surface area contributed by atoms with Crippen LogP contribution >= 0.6 is 0 Å². The number of rotatable bonds is 4. The predicted octanol–water partition coefficient (Wildman–Crippen LogP) is 1.20. The van der Waals surface area contributed by atoms with Gasteiger partial charge in [0.15, 0.2) is 6.61 Å². The van der Waals surface area contributed by atoms with E-state index in [-0.39, 0.29) is 18.6 Å². The molecule has 0 bridgehead atoms. The maximum Gasteiger partial charge on any atom is 0.258 e. The number of hydrogen-bond donors (Lipinski definition) is 1. The van der Waals surface area contributed by atoms with Crippen molar-refractivity contribution in [1.82, 2.24) is 5.32 Å². The lowest BCUT2D eigenvalue weighted by Crippen LogP contribution is -2.49. The first-order valence-corrected chi connectivity index (χ1v) is 5.72. The first-order valence-electron chi connectivity index (χ1n) is 5.72. The Kier molecular flexibility index (Phi) is 3.64. The summed E-state index contributed by atoms with van der Waals surface area (Å²) in [6, 6.07) is 6.11. The van der Waals surface area contributed by atoms with Crippen molar-refractivity contribution in [3.05, 3.63) is 29.3 Å². The van der Waals surface area contributed by atoms with Gasteiger partial charge in [-0.15, -0.1) is 0 Å². The highest BCUT2D eigenvalue weighted by Crippen LogP contribution is 2.18. The molecule has 0 aromatic heterocycles. The quantitative estimate of drug-likeness (QED) is 0.853. The fraction of sp³-hybridized carbons (Fsp3) is 0.462. The summed E-state index contributed by atoms with van der Waals surface area (Å²) >= 11 is 0. The maximum absolute atomic E-state index is 11.5. The number of aryl methyl sites for hydroxylation is 2. The SMILES string of the molecule is Cc1ccc(C)c(OCC(=O)NC2COC2)c1. The van der Waals surface area contributed by atoms with Crippen LogP contribution in [0.5, 0.6) is 5.75 Å². The Hall–Kier alpha value is -1.55. The van der Waals surface area contributed by atoms with E-state index in [4.69, 9.17) is 9.47 Å². The van der Waals surface area contributed by atoms with Crippen LogP contribution in [0.3, 0.4) is 0 Å². The van der Waals surface area contributed by atoms with Crippen LogP contribution in [0.25, 0.3) is 0 Å². The van der Waals surface area contributed by atoms with Gasteiger partial charge >= 0.3 is 0 Å². The molecule has 2 rings (SSSR count). The molecule has 0 atom stereocenters. The molecule has 1 heterocycles. The van der Waals surface area contributed by atoms with Gasteiger partial charge in [0, 0.05) is 0 Å². The summed E-state index contributed by atoms with van der Waals surface area (Å²) in [5, 5.41) is 2.83. The molecule has 1 amide bonds. The zero-order valence-electron chi connectivity index (χ0n) is 10.2. The molecular weight excluding hydrogens is 218 g/mol. The molecule has 0 unspecified atom stereocenters. The molecule has 0 radical (unpaired) electrons. The zero-order chi connectivity index (χ0) is 12.3. The van der Waals surface area contributed by atoms with E-state index in [1.807, 2.05) is 32.0 Å². The number of benzene rings is 1. The molecule has 1 aliphatic rings. The van der Waals surface area contributed by atoms with Crippen molar-refractivity contribution in [2.24, 2.45) is 0 Å². The van der Waals surface area contributed by atoms with Gasteiger partial charge in [0.2, 0.25) is 0 Å². The van der Waals surface area contributed by atoms with Crippen LogP contribution in [0.4, 0.5) is 0 Å². The van der Waals surface area contributed by atoms with Gasteiger partial charge in [-0.3, -0.25) is 4.79 Å². The van der Waals surface area contributed by atoms with Crippen LogP contribution < -0.4 is 10.1 Å². The van der Waals surface area contributed by atoms with Crippen molar-refractivity contribution in [3.63, 3.8) is 0 Å². The van der Waals surface area contributed by atoms with E-state index >= 15 is 0 Å². The third kappa shape index (κ3) is 3.20. The fourth-order valence-corrected chi connectivity index (χ4v) is 1.59. The Bertz CT molecular complexity index is 413. The van der Waals surface area contributed by atoms with Crippen LogP contribution in [0.2, 0.25) is 0 Å². The number of ether oxygens (including phenoxy) is 2. The summed E-state index contributed by atoms with van der Waals surface area (Å²) in [4.78, 5) is 11.5. The third-order valence-corrected chi connectivity index (χ3v) is 2.71. The van der Waals surface area contributed by atoms with Crippen molar-refractivity contribution in [3.8, 4) is 5.75 Å². The molecule has 1 fully saturated rings. The lowest BCUT2D eigenvalue weighted by Gasteiger charge is -2.26. The molecule has 1 aromatic carbocycles. The lowest BCUT2D eigenvalue weighted by atomic mass is 10.1. The average Bonchev–Trinajstić information content (AvgIpc) is 2.25. The first kappa shape index (κ1) is 11.9. The highest BCUT2D eigenvalue weighted by atomic mass is 16.5. The topological polar surface area (TPSA) is 47.6 Å². The monoisotopic (exact) mass is 235 g/mol. The molecule has 17 heavy (non-hydrogen) atoms. The second-order valence-corrected chi connectivity index (χ2v) is 4.36. The average molecular weight is 235 g/mol. The smallest absolute Gasteiger partial charge is 0.258 e. The number of nitrogens with one attached hydrogen (secondary N) is 1. The summed E-state index contributed by atoms with van der Waals surface area (Å²) < 4.78 is 10.5. The highest BCUT2D eigenvalue weighted by molar-refractivity contribution is 5.78. The van der Waals surface area contributed by atoms with Crippen molar-refractivity contribution >= 4 is 5.91 Å². The zero-order valence-corrected chi connectivity index (χ0v) is 10.2. The van der Waals surface area contributed by atoms with Crippen molar-refractivity contribution in [2.75, 3.05) is 19.8 Å². The fourth-order valence-electron chi connectivity index (χ4n) is 1.59. The van der Waals surface area contributed by atoms with Gasteiger partial charge < -0.3 is 14.8 Å². The lowest BCUT2D eigenvalue weighted by molar-refractivity contribution is -0.127. The summed E-state index contributed by atoms with van der Waals surface area (Å²) in [5.74, 6) is 0.671. The van der Waals surface area contributed by atoms with E-state index in [1.54, 1.807) is 0 Å². The number of carbonyl (C=O) groups excluding carboxylic acids is 1. The molecule has 4 nitrogen and oxygen atoms in total. The third-order valence-electron chi connectivity index (χ3n) is 2.71. The molecule has 92 valence electrons. The number of hydrogen-bond acceptors (Lipinski definition) is 3. The van der Waals surface area contributed by atoms with Gasteiger partial charge in [-0.2, -0.15) is 0 Å². The molecule has 0 aliphatic carbocycles. The molecule has 1 saturated heterocycles. The van der Waals surface area contributed by atoms with Gasteiger partial charge in [-0.25, -0.2) is 0 Å². The van der Waals surface area contributed by atoms with E-state index in [0.29, 0.717) is 13.2 Å². The Balaban J connectivity index is 1.83. The number of carbonyl (C=O) groups is 1. The minimum absolute atomic E-state index is 0.0563. The van der Waals surface area contributed by atoms with Gasteiger partial charge in [-0.05, 0) is 31.0 Å². The minimum Gasteiger partial charge on any atom is -0.483 e. The van der Waals surface area contributed by atoms with Crippen molar-refractivity contribution in [1.29, 1.82) is 0 Å². The predicted molar refractivity (Wildman–Crippen MR) is 64.2 cm³/mol. The maximum atomic E-state index is 11.5. The highest BCUT2D eigenvalue weighted by Gasteiger charge is 2.20. The second-order valence-electron chi connectivity index (χ2n) is 4.36. The summed E-state index contributed by atoms with van der Waals surface area (Å²) in [7, 11) is 0. The molecule has 1 aromatic rings. The number of amides is 1. The largest absolute Gasteiger partial charge is 0.483 e. The van der Waals surface area contributed by atoms with Crippen LogP contribution in [-0.4, -0.2) is 31.8 Å². The summed E-state index contributed by atoms with van der Waals surface area (Å²) in [6.45, 7) is 5.23. The molecule has 0 saturated carbocycles. The van der Waals surface area contributed by atoms with E-state index in [1.165, 1.54) is 0 Å². The summed E-state index contributed by atoms with van der Waals surface area (Å²) in [6.07, 6.45) is 0. The van der Waals surface area contributed by atoms with Gasteiger partial charge in [-0.1, -0.05) is 12.1 Å². The Morgan fingerprint density at radius 3 is 2.88 bits per heavy atom. The van der Waals surface area contributed by atoms with Crippen LogP contribution in [0.15, 0.2) is 18.2 Å². The Labute approximate surface area is 101 Å². The van der Waals surface area contributed by atoms with E-state index in [9.17, 15) is 4.79 Å². The van der Waals surface area contributed by atoms with Gasteiger partial charge in [0.1, 0.15) is 5.75 Å². The second kappa shape index (κ2) is 5.19. The van der Waals surface area contributed by atoms with Gasteiger partial charge in [0.25, 0.3) is 5.91 Å². The van der Waals surface area contributed by atoms with Gasteiger partial charge in [0.05, 0.1) is 19.3 Å².